The molecule has 1 aromatic carbocycles. The zero-order valence-electron chi connectivity index (χ0n) is 11.5. The van der Waals surface area contributed by atoms with Crippen LogP contribution in [0.5, 0.6) is 0 Å². The van der Waals surface area contributed by atoms with Gasteiger partial charge in [-0.2, -0.15) is 0 Å². The summed E-state index contributed by atoms with van der Waals surface area (Å²) in [6.45, 7) is 3.62. The SMILES string of the molecule is CCC(C)(Cn1nnnc1-c1ccc(Cl)cc1Cl)C(=O)O. The molecular weight excluding hydrogens is 315 g/mol. The van der Waals surface area contributed by atoms with Crippen LogP contribution in [0.4, 0.5) is 0 Å². The van der Waals surface area contributed by atoms with Crippen molar-refractivity contribution in [2.75, 3.05) is 0 Å². The van der Waals surface area contributed by atoms with Gasteiger partial charge in [-0.25, -0.2) is 4.68 Å². The number of carboxylic acid groups (broad SMARTS) is 1. The fourth-order valence-electron chi connectivity index (χ4n) is 1.84. The zero-order valence-corrected chi connectivity index (χ0v) is 13.1. The van der Waals surface area contributed by atoms with Gasteiger partial charge in [0.1, 0.15) is 0 Å². The molecular formula is C13H14Cl2N4O2. The van der Waals surface area contributed by atoms with E-state index < -0.39 is 11.4 Å². The Bertz CT molecular complexity index is 674. The van der Waals surface area contributed by atoms with Crippen LogP contribution in [0, 0.1) is 5.41 Å². The van der Waals surface area contributed by atoms with Gasteiger partial charge in [0.15, 0.2) is 5.82 Å². The molecule has 0 fully saturated rings. The number of aromatic nitrogens is 4. The summed E-state index contributed by atoms with van der Waals surface area (Å²) < 4.78 is 1.45. The van der Waals surface area contributed by atoms with Crippen molar-refractivity contribution < 1.29 is 9.90 Å². The first-order valence-corrected chi connectivity index (χ1v) is 7.08. The van der Waals surface area contributed by atoms with E-state index in [1.807, 2.05) is 6.92 Å². The molecule has 2 rings (SSSR count). The molecule has 1 atom stereocenters. The molecule has 21 heavy (non-hydrogen) atoms. The fraction of sp³-hybridized carbons (Fsp3) is 0.385. The number of nitrogens with zero attached hydrogens (tertiary/aromatic N) is 4. The Morgan fingerprint density at radius 3 is 2.71 bits per heavy atom. The highest BCUT2D eigenvalue weighted by atomic mass is 35.5. The van der Waals surface area contributed by atoms with Crippen molar-refractivity contribution >= 4 is 29.2 Å². The molecule has 2 aromatic rings. The molecule has 0 saturated heterocycles. The van der Waals surface area contributed by atoms with Crippen LogP contribution in [0.2, 0.25) is 10.0 Å². The number of hydrogen-bond donors (Lipinski definition) is 1. The van der Waals surface area contributed by atoms with Crippen LogP contribution in [0.15, 0.2) is 18.2 Å². The van der Waals surface area contributed by atoms with E-state index in [0.717, 1.165) is 0 Å². The molecule has 1 N–H and O–H groups in total. The second kappa shape index (κ2) is 5.99. The monoisotopic (exact) mass is 328 g/mol. The van der Waals surface area contributed by atoms with E-state index in [1.54, 1.807) is 25.1 Å². The number of benzene rings is 1. The first kappa shape index (κ1) is 15.7. The van der Waals surface area contributed by atoms with E-state index in [2.05, 4.69) is 15.5 Å². The Hall–Kier alpha value is -1.66. The molecule has 1 heterocycles. The molecule has 0 amide bonds. The predicted octanol–water partition coefficient (Wildman–Crippen LogP) is 3.15. The molecule has 0 aliphatic rings. The maximum atomic E-state index is 11.4. The highest BCUT2D eigenvalue weighted by Gasteiger charge is 2.33. The first-order valence-electron chi connectivity index (χ1n) is 6.32. The van der Waals surface area contributed by atoms with Crippen LogP contribution in [0.1, 0.15) is 20.3 Å². The quantitative estimate of drug-likeness (QED) is 0.911. The Morgan fingerprint density at radius 1 is 1.43 bits per heavy atom. The lowest BCUT2D eigenvalue weighted by Crippen LogP contribution is -2.32. The minimum Gasteiger partial charge on any atom is -0.481 e. The third-order valence-electron chi connectivity index (χ3n) is 3.50. The van der Waals surface area contributed by atoms with Crippen LogP contribution in [-0.2, 0) is 11.3 Å². The minimum atomic E-state index is -0.955. The molecule has 0 bridgehead atoms. The summed E-state index contributed by atoms with van der Waals surface area (Å²) >= 11 is 12.0. The van der Waals surface area contributed by atoms with Gasteiger partial charge in [-0.1, -0.05) is 30.1 Å². The second-order valence-corrected chi connectivity index (χ2v) is 5.85. The lowest BCUT2D eigenvalue weighted by atomic mass is 9.88. The Balaban J connectivity index is 2.41. The van der Waals surface area contributed by atoms with E-state index >= 15 is 0 Å². The average molecular weight is 329 g/mol. The number of tetrazole rings is 1. The fourth-order valence-corrected chi connectivity index (χ4v) is 2.33. The van der Waals surface area contributed by atoms with Crippen LogP contribution >= 0.6 is 23.2 Å². The highest BCUT2D eigenvalue weighted by molar-refractivity contribution is 6.36. The van der Waals surface area contributed by atoms with Crippen molar-refractivity contribution in [2.45, 2.75) is 26.8 Å². The third-order valence-corrected chi connectivity index (χ3v) is 4.05. The van der Waals surface area contributed by atoms with Crippen LogP contribution in [0.25, 0.3) is 11.4 Å². The summed E-state index contributed by atoms with van der Waals surface area (Å²) in [6.07, 6.45) is 0.454. The van der Waals surface area contributed by atoms with Gasteiger partial charge >= 0.3 is 5.97 Å². The lowest BCUT2D eigenvalue weighted by Gasteiger charge is -2.22. The van der Waals surface area contributed by atoms with Gasteiger partial charge in [-0.05, 0) is 42.0 Å². The number of carboxylic acids is 1. The first-order chi connectivity index (χ1) is 9.87. The maximum absolute atomic E-state index is 11.4. The Kier molecular flexibility index (Phi) is 4.49. The van der Waals surface area contributed by atoms with Gasteiger partial charge in [-0.3, -0.25) is 4.79 Å². The molecule has 0 saturated carbocycles. The molecule has 0 spiro atoms. The molecule has 0 aliphatic heterocycles. The molecule has 0 aliphatic carbocycles. The van der Waals surface area contributed by atoms with Crippen LogP contribution in [-0.4, -0.2) is 31.3 Å². The molecule has 1 aromatic heterocycles. The number of hydrogen-bond acceptors (Lipinski definition) is 4. The molecule has 112 valence electrons. The normalized spacial score (nSPS) is 13.9. The summed E-state index contributed by atoms with van der Waals surface area (Å²) in [5.74, 6) is -0.480. The van der Waals surface area contributed by atoms with Crippen molar-refractivity contribution in [1.82, 2.24) is 20.2 Å². The second-order valence-electron chi connectivity index (χ2n) is 5.00. The summed E-state index contributed by atoms with van der Waals surface area (Å²) in [7, 11) is 0. The predicted molar refractivity (Wildman–Crippen MR) is 79.3 cm³/mol. The van der Waals surface area contributed by atoms with Gasteiger partial charge in [0.2, 0.25) is 0 Å². The minimum absolute atomic E-state index is 0.153. The zero-order chi connectivity index (χ0) is 15.6. The summed E-state index contributed by atoms with van der Waals surface area (Å²) in [5.41, 5.74) is -0.349. The largest absolute Gasteiger partial charge is 0.481 e. The third kappa shape index (κ3) is 3.16. The van der Waals surface area contributed by atoms with Gasteiger partial charge in [0.05, 0.1) is 17.0 Å². The van der Waals surface area contributed by atoms with Crippen molar-refractivity contribution in [3.8, 4) is 11.4 Å². The van der Waals surface area contributed by atoms with Gasteiger partial charge in [0, 0.05) is 10.6 Å². The number of halogens is 2. The molecule has 0 radical (unpaired) electrons. The average Bonchev–Trinajstić information content (AvgIpc) is 2.86. The molecule has 8 heteroatoms. The van der Waals surface area contributed by atoms with Gasteiger partial charge in [0.25, 0.3) is 0 Å². The Labute approximate surface area is 131 Å². The van der Waals surface area contributed by atoms with Gasteiger partial charge < -0.3 is 5.11 Å². The number of carbonyl (C=O) groups is 1. The van der Waals surface area contributed by atoms with E-state index in [1.165, 1.54) is 4.68 Å². The molecule has 1 unspecified atom stereocenters. The van der Waals surface area contributed by atoms with Crippen LogP contribution < -0.4 is 0 Å². The standard InChI is InChI=1S/C13H14Cl2N4O2/c1-3-13(2,12(20)21)7-19-11(16-17-18-19)9-5-4-8(14)6-10(9)15/h4-6H,3,7H2,1-2H3,(H,20,21). The van der Waals surface area contributed by atoms with Crippen LogP contribution in [0.3, 0.4) is 0 Å². The van der Waals surface area contributed by atoms with Crippen molar-refractivity contribution in [2.24, 2.45) is 5.41 Å². The summed E-state index contributed by atoms with van der Waals surface area (Å²) in [4.78, 5) is 11.4. The van der Waals surface area contributed by atoms with Crippen molar-refractivity contribution in [3.63, 3.8) is 0 Å². The van der Waals surface area contributed by atoms with Gasteiger partial charge in [-0.15, -0.1) is 5.10 Å². The number of rotatable bonds is 5. The molecule has 6 nitrogen and oxygen atoms in total. The van der Waals surface area contributed by atoms with Crippen molar-refractivity contribution in [3.05, 3.63) is 28.2 Å². The maximum Gasteiger partial charge on any atom is 0.311 e. The lowest BCUT2D eigenvalue weighted by molar-refractivity contribution is -0.149. The Morgan fingerprint density at radius 2 is 2.14 bits per heavy atom. The van der Waals surface area contributed by atoms with Crippen molar-refractivity contribution in [1.29, 1.82) is 0 Å². The topological polar surface area (TPSA) is 80.9 Å². The smallest absolute Gasteiger partial charge is 0.311 e. The highest BCUT2D eigenvalue weighted by Crippen LogP contribution is 2.31. The number of aliphatic carboxylic acids is 1. The van der Waals surface area contributed by atoms with E-state index in [-0.39, 0.29) is 6.54 Å². The summed E-state index contributed by atoms with van der Waals surface area (Å²) in [6, 6.07) is 4.97. The van der Waals surface area contributed by atoms with E-state index in [4.69, 9.17) is 23.2 Å². The van der Waals surface area contributed by atoms with E-state index in [0.29, 0.717) is 27.9 Å². The van der Waals surface area contributed by atoms with E-state index in [9.17, 15) is 9.90 Å². The summed E-state index contributed by atoms with van der Waals surface area (Å²) in [5, 5.41) is 21.7.